The van der Waals surface area contributed by atoms with Crippen molar-refractivity contribution >= 4 is 29.9 Å². The molecule has 0 saturated carbocycles. The van der Waals surface area contributed by atoms with Gasteiger partial charge in [0.25, 0.3) is 0 Å². The molecule has 0 spiro atoms. The highest BCUT2D eigenvalue weighted by atomic mass is 127. The molecular formula is C17H22F2IN3O3. The summed E-state index contributed by atoms with van der Waals surface area (Å²) < 4.78 is 39.7. The van der Waals surface area contributed by atoms with E-state index in [0.717, 1.165) is 17.7 Å². The fourth-order valence-electron chi connectivity index (χ4n) is 2.18. The van der Waals surface area contributed by atoms with Crippen molar-refractivity contribution in [2.45, 2.75) is 19.6 Å². The van der Waals surface area contributed by atoms with Crippen molar-refractivity contribution in [2.24, 2.45) is 4.99 Å². The lowest BCUT2D eigenvalue weighted by Gasteiger charge is -2.14. The summed E-state index contributed by atoms with van der Waals surface area (Å²) in [5.41, 5.74) is 0.755. The number of nitrogens with zero attached hydrogens (tertiary/aromatic N) is 1. The number of nitrogens with one attached hydrogen (secondary N) is 2. The molecule has 9 heteroatoms. The summed E-state index contributed by atoms with van der Waals surface area (Å²) in [6.45, 7) is -1.87. The maximum Gasteiger partial charge on any atom is 0.387 e. The van der Waals surface area contributed by atoms with Crippen molar-refractivity contribution in [3.05, 3.63) is 47.9 Å². The normalized spacial score (nSPS) is 11.0. The number of benzene rings is 1. The summed E-state index contributed by atoms with van der Waals surface area (Å²) in [4.78, 5) is 4.11. The van der Waals surface area contributed by atoms with Gasteiger partial charge in [0.2, 0.25) is 0 Å². The fraction of sp³-hybridized carbons (Fsp3) is 0.353. The Morgan fingerprint density at radius 2 is 2.04 bits per heavy atom. The summed E-state index contributed by atoms with van der Waals surface area (Å²) in [5, 5.41) is 6.26. The van der Waals surface area contributed by atoms with E-state index in [1.807, 2.05) is 12.1 Å². The topological polar surface area (TPSA) is 68.0 Å². The molecule has 0 atom stereocenters. The van der Waals surface area contributed by atoms with E-state index >= 15 is 0 Å². The number of hydrogen-bond acceptors (Lipinski definition) is 4. The highest BCUT2D eigenvalue weighted by molar-refractivity contribution is 14.0. The average molecular weight is 481 g/mol. The van der Waals surface area contributed by atoms with Crippen LogP contribution in [0.5, 0.6) is 11.5 Å². The Morgan fingerprint density at radius 3 is 2.65 bits per heavy atom. The summed E-state index contributed by atoms with van der Waals surface area (Å²) in [5.74, 6) is 1.73. The Labute approximate surface area is 168 Å². The molecule has 0 saturated heterocycles. The van der Waals surface area contributed by atoms with Crippen LogP contribution in [-0.2, 0) is 13.0 Å². The van der Waals surface area contributed by atoms with Crippen LogP contribution in [0.2, 0.25) is 0 Å². The SMILES string of the molecule is CN=C(NCCc1ccco1)NCc1ccc(OC)c(OC(F)F)c1.I. The first-order valence-electron chi connectivity index (χ1n) is 7.71. The maximum absolute atomic E-state index is 12.5. The van der Waals surface area contributed by atoms with Gasteiger partial charge in [-0.15, -0.1) is 24.0 Å². The Bertz CT molecular complexity index is 682. The molecule has 0 aliphatic rings. The number of furan rings is 1. The fourth-order valence-corrected chi connectivity index (χ4v) is 2.18. The summed E-state index contributed by atoms with van der Waals surface area (Å²) >= 11 is 0. The minimum atomic E-state index is -2.91. The van der Waals surface area contributed by atoms with Gasteiger partial charge in [-0.3, -0.25) is 4.99 Å². The van der Waals surface area contributed by atoms with Gasteiger partial charge in [-0.2, -0.15) is 8.78 Å². The van der Waals surface area contributed by atoms with Gasteiger partial charge in [0.1, 0.15) is 5.76 Å². The van der Waals surface area contributed by atoms with Crippen LogP contribution in [0.3, 0.4) is 0 Å². The number of hydrogen-bond donors (Lipinski definition) is 2. The van der Waals surface area contributed by atoms with E-state index in [-0.39, 0.29) is 35.5 Å². The zero-order valence-electron chi connectivity index (χ0n) is 14.5. The third kappa shape index (κ3) is 7.06. The van der Waals surface area contributed by atoms with Crippen LogP contribution in [-0.4, -0.2) is 33.3 Å². The van der Waals surface area contributed by atoms with E-state index in [1.54, 1.807) is 25.4 Å². The van der Waals surface area contributed by atoms with Crippen LogP contribution in [0, 0.1) is 0 Å². The van der Waals surface area contributed by atoms with Gasteiger partial charge >= 0.3 is 6.61 Å². The van der Waals surface area contributed by atoms with E-state index in [9.17, 15) is 8.78 Å². The first-order chi connectivity index (χ1) is 12.1. The molecule has 0 fully saturated rings. The van der Waals surface area contributed by atoms with E-state index in [1.165, 1.54) is 13.2 Å². The molecule has 0 aliphatic carbocycles. The van der Waals surface area contributed by atoms with Crippen LogP contribution in [0.25, 0.3) is 0 Å². The number of halogens is 3. The molecule has 0 bridgehead atoms. The molecule has 1 aromatic carbocycles. The molecule has 1 aromatic heterocycles. The van der Waals surface area contributed by atoms with Crippen molar-refractivity contribution in [1.82, 2.24) is 10.6 Å². The average Bonchev–Trinajstić information content (AvgIpc) is 3.11. The van der Waals surface area contributed by atoms with Gasteiger partial charge in [0.15, 0.2) is 17.5 Å². The second kappa shape index (κ2) is 11.6. The number of aliphatic imine (C=N–C) groups is 1. The Balaban J connectivity index is 0.00000338. The lowest BCUT2D eigenvalue weighted by atomic mass is 10.2. The summed E-state index contributed by atoms with van der Waals surface area (Å²) in [6.07, 6.45) is 2.35. The zero-order chi connectivity index (χ0) is 18.1. The van der Waals surface area contributed by atoms with Crippen molar-refractivity contribution < 1.29 is 22.7 Å². The van der Waals surface area contributed by atoms with Crippen molar-refractivity contribution in [1.29, 1.82) is 0 Å². The summed E-state index contributed by atoms with van der Waals surface area (Å²) in [7, 11) is 3.05. The number of rotatable bonds is 8. The molecule has 0 amide bonds. The third-order valence-corrected chi connectivity index (χ3v) is 3.37. The molecule has 2 aromatic rings. The zero-order valence-corrected chi connectivity index (χ0v) is 16.8. The number of guanidine groups is 1. The minimum absolute atomic E-state index is 0. The van der Waals surface area contributed by atoms with E-state index in [0.29, 0.717) is 19.0 Å². The standard InChI is InChI=1S/C17H21F2N3O3.HI/c1-20-17(21-8-7-13-4-3-9-24-13)22-11-12-5-6-14(23-2)15(10-12)25-16(18)19;/h3-6,9-10,16H,7-8,11H2,1-2H3,(H2,20,21,22);1H. The third-order valence-electron chi connectivity index (χ3n) is 3.37. The molecular weight excluding hydrogens is 459 g/mol. The molecule has 1 heterocycles. The number of alkyl halides is 2. The molecule has 0 unspecified atom stereocenters. The van der Waals surface area contributed by atoms with Crippen LogP contribution >= 0.6 is 24.0 Å². The van der Waals surface area contributed by atoms with Gasteiger partial charge in [-0.25, -0.2) is 0 Å². The molecule has 0 aliphatic heterocycles. The monoisotopic (exact) mass is 481 g/mol. The lowest BCUT2D eigenvalue weighted by Crippen LogP contribution is -2.37. The van der Waals surface area contributed by atoms with Gasteiger partial charge in [0, 0.05) is 26.6 Å². The molecule has 6 nitrogen and oxygen atoms in total. The Hall–Kier alpha value is -2.04. The second-order valence-electron chi connectivity index (χ2n) is 5.05. The molecule has 2 rings (SSSR count). The second-order valence-corrected chi connectivity index (χ2v) is 5.05. The maximum atomic E-state index is 12.5. The molecule has 0 radical (unpaired) electrons. The predicted molar refractivity (Wildman–Crippen MR) is 106 cm³/mol. The largest absolute Gasteiger partial charge is 0.493 e. The lowest BCUT2D eigenvalue weighted by molar-refractivity contribution is -0.0512. The Morgan fingerprint density at radius 1 is 1.23 bits per heavy atom. The van der Waals surface area contributed by atoms with Gasteiger partial charge in [0.05, 0.1) is 13.4 Å². The number of ether oxygens (including phenoxy) is 2. The Kier molecular flexibility index (Phi) is 9.78. The van der Waals surface area contributed by atoms with E-state index < -0.39 is 6.61 Å². The van der Waals surface area contributed by atoms with Crippen LogP contribution < -0.4 is 20.1 Å². The van der Waals surface area contributed by atoms with Gasteiger partial charge in [-0.1, -0.05) is 6.07 Å². The first-order valence-corrected chi connectivity index (χ1v) is 7.71. The van der Waals surface area contributed by atoms with Crippen LogP contribution in [0.1, 0.15) is 11.3 Å². The smallest absolute Gasteiger partial charge is 0.387 e. The highest BCUT2D eigenvalue weighted by Gasteiger charge is 2.11. The van der Waals surface area contributed by atoms with E-state index in [4.69, 9.17) is 9.15 Å². The van der Waals surface area contributed by atoms with Crippen molar-refractivity contribution in [3.63, 3.8) is 0 Å². The van der Waals surface area contributed by atoms with Crippen molar-refractivity contribution in [3.8, 4) is 11.5 Å². The predicted octanol–water partition coefficient (Wildman–Crippen LogP) is 3.42. The number of methoxy groups -OCH3 is 1. The van der Waals surface area contributed by atoms with Crippen molar-refractivity contribution in [2.75, 3.05) is 20.7 Å². The quantitative estimate of drug-likeness (QED) is 0.344. The molecule has 26 heavy (non-hydrogen) atoms. The summed E-state index contributed by atoms with van der Waals surface area (Å²) in [6, 6.07) is 8.60. The van der Waals surface area contributed by atoms with Crippen LogP contribution in [0.4, 0.5) is 8.78 Å². The molecule has 2 N–H and O–H groups in total. The van der Waals surface area contributed by atoms with Gasteiger partial charge < -0.3 is 24.5 Å². The first kappa shape index (κ1) is 22.0. The van der Waals surface area contributed by atoms with Gasteiger partial charge in [-0.05, 0) is 29.8 Å². The van der Waals surface area contributed by atoms with Crippen LogP contribution in [0.15, 0.2) is 46.0 Å². The minimum Gasteiger partial charge on any atom is -0.493 e. The van der Waals surface area contributed by atoms with E-state index in [2.05, 4.69) is 20.4 Å². The highest BCUT2D eigenvalue weighted by Crippen LogP contribution is 2.29. The molecule has 144 valence electrons.